The second-order valence-corrected chi connectivity index (χ2v) is 3.17. The molecule has 17 heavy (non-hydrogen) atoms. The molecule has 0 saturated carbocycles. The summed E-state index contributed by atoms with van der Waals surface area (Å²) in [7, 11) is 0. The van der Waals surface area contributed by atoms with E-state index in [1.165, 1.54) is 0 Å². The van der Waals surface area contributed by atoms with Crippen molar-refractivity contribution in [3.05, 3.63) is 29.8 Å². The summed E-state index contributed by atoms with van der Waals surface area (Å²) in [5.74, 6) is 0.332. The molecule has 0 aliphatic carbocycles. The van der Waals surface area contributed by atoms with Crippen LogP contribution < -0.4 is 4.74 Å². The first-order valence-electron chi connectivity index (χ1n) is 4.84. The molecule has 0 aromatic heterocycles. The van der Waals surface area contributed by atoms with Crippen LogP contribution in [0.1, 0.15) is 10.4 Å². The fourth-order valence-corrected chi connectivity index (χ4v) is 1.11. The Hall–Kier alpha value is -1.56. The first-order chi connectivity index (χ1) is 8.03. The maximum atomic E-state index is 11.7. The highest BCUT2D eigenvalue weighted by atomic mass is 19.4. The van der Waals surface area contributed by atoms with Gasteiger partial charge in [-0.1, -0.05) is 12.1 Å². The normalized spacial score (nSPS) is 11.2. The summed E-state index contributed by atoms with van der Waals surface area (Å²) in [5, 5.41) is 0. The Morgan fingerprint density at radius 1 is 1.18 bits per heavy atom. The fraction of sp³-hybridized carbons (Fsp3) is 0.364. The number of aldehydes is 1. The second kappa shape index (κ2) is 6.24. The molecule has 6 heteroatoms. The van der Waals surface area contributed by atoms with E-state index >= 15 is 0 Å². The zero-order chi connectivity index (χ0) is 12.7. The van der Waals surface area contributed by atoms with Crippen LogP contribution in [0.3, 0.4) is 0 Å². The van der Waals surface area contributed by atoms with Crippen molar-refractivity contribution in [1.82, 2.24) is 0 Å². The Kier molecular flexibility index (Phi) is 4.96. The SMILES string of the molecule is O=Cc1ccccc1OCCOCC(F)(F)F. The molecule has 0 unspecified atom stereocenters. The number of alkyl halides is 3. The van der Waals surface area contributed by atoms with Gasteiger partial charge in [-0.05, 0) is 12.1 Å². The lowest BCUT2D eigenvalue weighted by atomic mass is 10.2. The van der Waals surface area contributed by atoms with Crippen LogP contribution >= 0.6 is 0 Å². The lowest BCUT2D eigenvalue weighted by Crippen LogP contribution is -2.19. The molecule has 0 spiro atoms. The minimum atomic E-state index is -4.33. The van der Waals surface area contributed by atoms with E-state index in [1.54, 1.807) is 24.3 Å². The van der Waals surface area contributed by atoms with Crippen LogP contribution in [0.4, 0.5) is 13.2 Å². The van der Waals surface area contributed by atoms with Gasteiger partial charge in [-0.25, -0.2) is 0 Å². The molecule has 0 saturated heterocycles. The van der Waals surface area contributed by atoms with Gasteiger partial charge in [0.25, 0.3) is 0 Å². The van der Waals surface area contributed by atoms with Gasteiger partial charge in [-0.15, -0.1) is 0 Å². The first kappa shape index (κ1) is 13.5. The summed E-state index contributed by atoms with van der Waals surface area (Å²) >= 11 is 0. The summed E-state index contributed by atoms with van der Waals surface area (Å²) in [6.07, 6.45) is -3.72. The molecule has 0 amide bonds. The number of ether oxygens (including phenoxy) is 2. The van der Waals surface area contributed by atoms with Crippen molar-refractivity contribution in [3.63, 3.8) is 0 Å². The van der Waals surface area contributed by atoms with Gasteiger partial charge in [0.2, 0.25) is 0 Å². The van der Waals surface area contributed by atoms with Gasteiger partial charge < -0.3 is 9.47 Å². The van der Waals surface area contributed by atoms with Gasteiger partial charge >= 0.3 is 6.18 Å². The van der Waals surface area contributed by atoms with Crippen molar-refractivity contribution in [2.45, 2.75) is 6.18 Å². The third kappa shape index (κ3) is 5.35. The summed E-state index contributed by atoms with van der Waals surface area (Å²) in [4.78, 5) is 10.6. The molecule has 1 rings (SSSR count). The van der Waals surface area contributed by atoms with Crippen molar-refractivity contribution < 1.29 is 27.4 Å². The molecule has 0 aliphatic heterocycles. The van der Waals surface area contributed by atoms with Crippen LogP contribution in [0, 0.1) is 0 Å². The highest BCUT2D eigenvalue weighted by Crippen LogP contribution is 2.16. The molecule has 0 atom stereocenters. The van der Waals surface area contributed by atoms with Crippen LogP contribution in [0.2, 0.25) is 0 Å². The van der Waals surface area contributed by atoms with E-state index < -0.39 is 12.8 Å². The number of halogens is 3. The molecule has 0 heterocycles. The van der Waals surface area contributed by atoms with E-state index in [-0.39, 0.29) is 13.2 Å². The molecule has 0 fully saturated rings. The van der Waals surface area contributed by atoms with Gasteiger partial charge in [-0.3, -0.25) is 4.79 Å². The third-order valence-electron chi connectivity index (χ3n) is 1.80. The fourth-order valence-electron chi connectivity index (χ4n) is 1.11. The molecular weight excluding hydrogens is 237 g/mol. The Morgan fingerprint density at radius 2 is 1.88 bits per heavy atom. The summed E-state index contributed by atoms with van der Waals surface area (Å²) in [5.41, 5.74) is 0.350. The predicted octanol–water partition coefficient (Wildman–Crippen LogP) is 2.46. The summed E-state index contributed by atoms with van der Waals surface area (Å²) in [6.45, 7) is -1.53. The van der Waals surface area contributed by atoms with Crippen molar-refractivity contribution in [2.75, 3.05) is 19.8 Å². The van der Waals surface area contributed by atoms with Crippen LogP contribution in [0.15, 0.2) is 24.3 Å². The maximum Gasteiger partial charge on any atom is 0.411 e. The van der Waals surface area contributed by atoms with E-state index in [2.05, 4.69) is 4.74 Å². The van der Waals surface area contributed by atoms with Crippen LogP contribution in [0.5, 0.6) is 5.75 Å². The Labute approximate surface area is 96.1 Å². The highest BCUT2D eigenvalue weighted by molar-refractivity contribution is 5.79. The summed E-state index contributed by atoms with van der Waals surface area (Å²) in [6, 6.07) is 6.45. The van der Waals surface area contributed by atoms with Crippen molar-refractivity contribution >= 4 is 6.29 Å². The van der Waals surface area contributed by atoms with Crippen molar-refractivity contribution in [1.29, 1.82) is 0 Å². The van der Waals surface area contributed by atoms with E-state index in [0.717, 1.165) is 0 Å². The van der Waals surface area contributed by atoms with E-state index in [9.17, 15) is 18.0 Å². The molecule has 1 aromatic carbocycles. The largest absolute Gasteiger partial charge is 0.490 e. The summed E-state index contributed by atoms with van der Waals surface area (Å²) < 4.78 is 44.6. The third-order valence-corrected chi connectivity index (χ3v) is 1.80. The molecule has 0 bridgehead atoms. The van der Waals surface area contributed by atoms with E-state index in [4.69, 9.17) is 4.74 Å². The number of hydrogen-bond acceptors (Lipinski definition) is 3. The van der Waals surface area contributed by atoms with Gasteiger partial charge in [-0.2, -0.15) is 13.2 Å². The molecule has 1 aromatic rings. The van der Waals surface area contributed by atoms with Crippen molar-refractivity contribution in [2.24, 2.45) is 0 Å². The minimum Gasteiger partial charge on any atom is -0.490 e. The zero-order valence-corrected chi connectivity index (χ0v) is 8.87. The molecule has 0 aliphatic rings. The topological polar surface area (TPSA) is 35.5 Å². The molecule has 3 nitrogen and oxygen atoms in total. The highest BCUT2D eigenvalue weighted by Gasteiger charge is 2.27. The number of benzene rings is 1. The van der Waals surface area contributed by atoms with Gasteiger partial charge in [0, 0.05) is 0 Å². The standard InChI is InChI=1S/C11H11F3O3/c12-11(13,14)8-16-5-6-17-10-4-2-1-3-9(10)7-15/h1-4,7H,5-6,8H2. The number of carbonyl (C=O) groups is 1. The number of hydrogen-bond donors (Lipinski definition) is 0. The molecular formula is C11H11F3O3. The van der Waals surface area contributed by atoms with Crippen molar-refractivity contribution in [3.8, 4) is 5.75 Å². The number of carbonyl (C=O) groups excluding carboxylic acids is 1. The Morgan fingerprint density at radius 3 is 2.53 bits per heavy atom. The average molecular weight is 248 g/mol. The minimum absolute atomic E-state index is 0.0407. The van der Waals surface area contributed by atoms with E-state index in [1.807, 2.05) is 0 Å². The Balaban J connectivity index is 2.29. The smallest absolute Gasteiger partial charge is 0.411 e. The zero-order valence-electron chi connectivity index (χ0n) is 8.87. The lowest BCUT2D eigenvalue weighted by molar-refractivity contribution is -0.175. The number of rotatable bonds is 6. The van der Waals surface area contributed by atoms with Crippen LogP contribution in [-0.2, 0) is 4.74 Å². The average Bonchev–Trinajstić information content (AvgIpc) is 2.27. The molecule has 94 valence electrons. The lowest BCUT2D eigenvalue weighted by Gasteiger charge is -2.09. The maximum absolute atomic E-state index is 11.7. The monoisotopic (exact) mass is 248 g/mol. The van der Waals surface area contributed by atoms with Gasteiger partial charge in [0.1, 0.15) is 19.0 Å². The van der Waals surface area contributed by atoms with E-state index in [0.29, 0.717) is 17.6 Å². The first-order valence-corrected chi connectivity index (χ1v) is 4.84. The molecule has 0 radical (unpaired) electrons. The predicted molar refractivity (Wildman–Crippen MR) is 54.2 cm³/mol. The van der Waals surface area contributed by atoms with Crippen LogP contribution in [0.25, 0.3) is 0 Å². The van der Waals surface area contributed by atoms with Gasteiger partial charge in [0.15, 0.2) is 6.29 Å². The molecule has 0 N–H and O–H groups in total. The van der Waals surface area contributed by atoms with Gasteiger partial charge in [0.05, 0.1) is 12.2 Å². The van der Waals surface area contributed by atoms with Crippen LogP contribution in [-0.4, -0.2) is 32.3 Å². The Bertz CT molecular complexity index is 363. The number of para-hydroxylation sites is 1. The second-order valence-electron chi connectivity index (χ2n) is 3.17. The quantitative estimate of drug-likeness (QED) is 0.573.